The minimum atomic E-state index is -0.828. The number of nitrogens with one attached hydrogen (secondary N) is 1. The molecule has 1 atom stereocenters. The van der Waals surface area contributed by atoms with E-state index < -0.39 is 6.04 Å². The fourth-order valence-corrected chi connectivity index (χ4v) is 4.58. The minimum Gasteiger partial charge on any atom is -0.494 e. The smallest absolute Gasteiger partial charge is 0.248 e. The summed E-state index contributed by atoms with van der Waals surface area (Å²) in [5.41, 5.74) is 2.37. The number of benzene rings is 3. The third-order valence-corrected chi connectivity index (χ3v) is 6.41. The molecule has 0 saturated carbocycles. The van der Waals surface area contributed by atoms with Gasteiger partial charge in [0.1, 0.15) is 11.8 Å². The largest absolute Gasteiger partial charge is 0.494 e. The Balaban J connectivity index is 1.70. The van der Waals surface area contributed by atoms with Crippen molar-refractivity contribution in [2.24, 2.45) is 0 Å². The second-order valence-electron chi connectivity index (χ2n) is 7.96. The molecule has 0 bridgehead atoms. The van der Waals surface area contributed by atoms with E-state index in [1.807, 2.05) is 109 Å². The van der Waals surface area contributed by atoms with Crippen LogP contribution < -0.4 is 15.0 Å². The fourth-order valence-electron chi connectivity index (χ4n) is 3.89. The van der Waals surface area contributed by atoms with E-state index >= 15 is 0 Å². The molecule has 1 N–H and O–H groups in total. The zero-order valence-corrected chi connectivity index (χ0v) is 20.4. The molecule has 178 valence electrons. The Morgan fingerprint density at radius 1 is 0.886 bits per heavy atom. The molecule has 0 aliphatic heterocycles. The van der Waals surface area contributed by atoms with Crippen molar-refractivity contribution < 1.29 is 14.3 Å². The maximum atomic E-state index is 13.7. The summed E-state index contributed by atoms with van der Waals surface area (Å²) in [7, 11) is 0. The van der Waals surface area contributed by atoms with Crippen LogP contribution in [-0.4, -0.2) is 18.4 Å². The number of carbonyl (C=O) groups excluding carboxylic acids is 2. The lowest BCUT2D eigenvalue weighted by Gasteiger charge is -2.31. The van der Waals surface area contributed by atoms with Crippen molar-refractivity contribution in [3.8, 4) is 5.75 Å². The summed E-state index contributed by atoms with van der Waals surface area (Å²) in [6.07, 6.45) is 0.209. The van der Waals surface area contributed by atoms with Gasteiger partial charge in [-0.2, -0.15) is 0 Å². The lowest BCUT2D eigenvalue weighted by Crippen LogP contribution is -2.44. The topological polar surface area (TPSA) is 58.6 Å². The Morgan fingerprint density at radius 3 is 2.20 bits per heavy atom. The zero-order valence-electron chi connectivity index (χ0n) is 19.6. The van der Waals surface area contributed by atoms with Crippen LogP contribution in [-0.2, 0) is 22.6 Å². The summed E-state index contributed by atoms with van der Waals surface area (Å²) in [5.74, 6) is 0.320. The van der Waals surface area contributed by atoms with Crippen molar-refractivity contribution in [3.63, 3.8) is 0 Å². The first kappa shape index (κ1) is 24.2. The van der Waals surface area contributed by atoms with E-state index in [0.29, 0.717) is 24.6 Å². The number of hydrogen-bond donors (Lipinski definition) is 1. The number of carbonyl (C=O) groups is 2. The SMILES string of the molecule is CCOc1ccc(N(C(=O)Cc2cccs2)[C@H](C(=O)NCc2ccccc2)c2ccccc2)cc1. The summed E-state index contributed by atoms with van der Waals surface area (Å²) in [6.45, 7) is 2.85. The molecule has 1 heterocycles. The number of amides is 2. The van der Waals surface area contributed by atoms with Crippen LogP contribution >= 0.6 is 11.3 Å². The van der Waals surface area contributed by atoms with Crippen molar-refractivity contribution >= 4 is 28.8 Å². The van der Waals surface area contributed by atoms with Crippen LogP contribution in [0.2, 0.25) is 0 Å². The quantitative estimate of drug-likeness (QED) is 0.310. The fraction of sp³-hybridized carbons (Fsp3) is 0.172. The predicted octanol–water partition coefficient (Wildman–Crippen LogP) is 5.78. The third kappa shape index (κ3) is 6.37. The molecule has 0 spiro atoms. The highest BCUT2D eigenvalue weighted by Gasteiger charge is 2.32. The second kappa shape index (κ2) is 12.0. The molecular weight excluding hydrogens is 456 g/mol. The molecule has 4 rings (SSSR count). The van der Waals surface area contributed by atoms with Crippen LogP contribution in [0.5, 0.6) is 5.75 Å². The molecule has 0 aliphatic carbocycles. The number of thiophene rings is 1. The van der Waals surface area contributed by atoms with Gasteiger partial charge in [-0.25, -0.2) is 0 Å². The Bertz CT molecular complexity index is 1210. The summed E-state index contributed by atoms with van der Waals surface area (Å²) >= 11 is 1.53. The first-order chi connectivity index (χ1) is 17.2. The van der Waals surface area contributed by atoms with E-state index in [4.69, 9.17) is 4.74 Å². The Hall–Kier alpha value is -3.90. The number of hydrogen-bond acceptors (Lipinski definition) is 4. The zero-order chi connectivity index (χ0) is 24.5. The van der Waals surface area contributed by atoms with Crippen LogP contribution in [0.4, 0.5) is 5.69 Å². The second-order valence-corrected chi connectivity index (χ2v) is 9.00. The maximum Gasteiger partial charge on any atom is 0.248 e. The van der Waals surface area contributed by atoms with Crippen molar-refractivity contribution in [2.75, 3.05) is 11.5 Å². The normalized spacial score (nSPS) is 11.5. The summed E-state index contributed by atoms with van der Waals surface area (Å²) in [4.78, 5) is 30.0. The van der Waals surface area contributed by atoms with Crippen molar-refractivity contribution in [1.82, 2.24) is 5.32 Å². The Morgan fingerprint density at radius 2 is 1.57 bits per heavy atom. The van der Waals surface area contributed by atoms with Gasteiger partial charge < -0.3 is 10.1 Å². The minimum absolute atomic E-state index is 0.152. The van der Waals surface area contributed by atoms with Crippen LogP contribution in [0, 0.1) is 0 Å². The van der Waals surface area contributed by atoms with Crippen LogP contribution in [0.3, 0.4) is 0 Å². The number of anilines is 1. The molecule has 1 aromatic heterocycles. The number of rotatable bonds is 10. The molecule has 6 heteroatoms. The average Bonchev–Trinajstić information content (AvgIpc) is 3.41. The highest BCUT2D eigenvalue weighted by molar-refractivity contribution is 7.10. The van der Waals surface area contributed by atoms with E-state index in [-0.39, 0.29) is 18.2 Å². The lowest BCUT2D eigenvalue weighted by atomic mass is 10.0. The van der Waals surface area contributed by atoms with Gasteiger partial charge in [0.05, 0.1) is 13.0 Å². The van der Waals surface area contributed by atoms with Gasteiger partial charge in [0, 0.05) is 17.1 Å². The molecule has 0 unspecified atom stereocenters. The van der Waals surface area contributed by atoms with Crippen molar-refractivity contribution in [1.29, 1.82) is 0 Å². The van der Waals surface area contributed by atoms with Gasteiger partial charge in [-0.3, -0.25) is 14.5 Å². The van der Waals surface area contributed by atoms with Gasteiger partial charge in [-0.1, -0.05) is 66.7 Å². The average molecular weight is 485 g/mol. The first-order valence-electron chi connectivity index (χ1n) is 11.6. The molecule has 2 amide bonds. The molecule has 0 radical (unpaired) electrons. The van der Waals surface area contributed by atoms with Crippen LogP contribution in [0.25, 0.3) is 0 Å². The van der Waals surface area contributed by atoms with E-state index in [9.17, 15) is 9.59 Å². The third-order valence-electron chi connectivity index (χ3n) is 5.53. The predicted molar refractivity (Wildman–Crippen MR) is 141 cm³/mol. The first-order valence-corrected chi connectivity index (χ1v) is 12.5. The summed E-state index contributed by atoms with van der Waals surface area (Å²) in [5, 5.41) is 4.99. The molecule has 35 heavy (non-hydrogen) atoms. The van der Waals surface area contributed by atoms with E-state index in [2.05, 4.69) is 5.32 Å². The van der Waals surface area contributed by atoms with Gasteiger partial charge in [0.25, 0.3) is 0 Å². The summed E-state index contributed by atoms with van der Waals surface area (Å²) < 4.78 is 5.59. The Kier molecular flexibility index (Phi) is 8.30. The molecule has 0 saturated heterocycles. The molecule has 0 fully saturated rings. The molecule has 5 nitrogen and oxygen atoms in total. The van der Waals surface area contributed by atoms with E-state index in [1.54, 1.807) is 4.90 Å². The number of ether oxygens (including phenoxy) is 1. The molecule has 3 aromatic carbocycles. The highest BCUT2D eigenvalue weighted by atomic mass is 32.1. The van der Waals surface area contributed by atoms with Gasteiger partial charge in [0.2, 0.25) is 11.8 Å². The molecular formula is C29H28N2O3S. The van der Waals surface area contributed by atoms with E-state index in [1.165, 1.54) is 11.3 Å². The summed E-state index contributed by atoms with van der Waals surface area (Å²) in [6, 6.07) is 29.5. The highest BCUT2D eigenvalue weighted by Crippen LogP contribution is 2.31. The van der Waals surface area contributed by atoms with Crippen molar-refractivity contribution in [3.05, 3.63) is 118 Å². The van der Waals surface area contributed by atoms with Gasteiger partial charge >= 0.3 is 0 Å². The molecule has 0 aliphatic rings. The monoisotopic (exact) mass is 484 g/mol. The standard InChI is InChI=1S/C29H28N2O3S/c1-2-34-25-17-15-24(16-18-25)31(27(32)20-26-14-9-19-35-26)28(23-12-7-4-8-13-23)29(33)30-21-22-10-5-3-6-11-22/h3-19,28H,2,20-21H2,1H3,(H,30,33)/t28-/m0/s1. The number of nitrogens with zero attached hydrogens (tertiary/aromatic N) is 1. The van der Waals surface area contributed by atoms with Crippen LogP contribution in [0.1, 0.15) is 29.0 Å². The molecule has 4 aromatic rings. The van der Waals surface area contributed by atoms with Gasteiger partial charge in [0.15, 0.2) is 0 Å². The van der Waals surface area contributed by atoms with Gasteiger partial charge in [-0.15, -0.1) is 11.3 Å². The van der Waals surface area contributed by atoms with Crippen LogP contribution in [0.15, 0.2) is 102 Å². The maximum absolute atomic E-state index is 13.7. The lowest BCUT2D eigenvalue weighted by molar-refractivity contribution is -0.126. The Labute approximate surface area is 210 Å². The van der Waals surface area contributed by atoms with Gasteiger partial charge in [-0.05, 0) is 53.8 Å². The van der Waals surface area contributed by atoms with Crippen molar-refractivity contribution in [2.45, 2.75) is 25.9 Å². The van der Waals surface area contributed by atoms with E-state index in [0.717, 1.165) is 16.0 Å².